The maximum atomic E-state index is 12.8. The van der Waals surface area contributed by atoms with Gasteiger partial charge in [-0.05, 0) is 23.8 Å². The van der Waals surface area contributed by atoms with Gasteiger partial charge >= 0.3 is 0 Å². The fraction of sp³-hybridized carbons (Fsp3) is 0.300. The molecule has 0 radical (unpaired) electrons. The molecule has 0 fully saturated rings. The van der Waals surface area contributed by atoms with E-state index in [1.807, 2.05) is 48.5 Å². The molecule has 0 N–H and O–H groups in total. The molecule has 1 amide bonds. The minimum atomic E-state index is -0.662. The maximum Gasteiger partial charge on any atom is 0.276 e. The predicted molar refractivity (Wildman–Crippen MR) is 98.6 cm³/mol. The molecule has 0 bridgehead atoms. The number of rotatable bonds is 6. The van der Waals surface area contributed by atoms with Crippen molar-refractivity contribution in [3.05, 3.63) is 59.7 Å². The van der Waals surface area contributed by atoms with E-state index in [-0.39, 0.29) is 5.91 Å². The van der Waals surface area contributed by atoms with Crippen LogP contribution in [-0.2, 0) is 9.53 Å². The lowest BCUT2D eigenvalue weighted by Gasteiger charge is -2.19. The Labute approximate surface area is 153 Å². The monoisotopic (exact) mass is 354 g/mol. The molecule has 26 heavy (non-hydrogen) atoms. The lowest BCUT2D eigenvalue weighted by Crippen LogP contribution is -2.30. The number of ether oxygens (including phenoxy) is 3. The van der Waals surface area contributed by atoms with E-state index in [0.717, 1.165) is 16.8 Å². The Balaban J connectivity index is 1.82. The summed E-state index contributed by atoms with van der Waals surface area (Å²) in [5, 5.41) is 5.99. The van der Waals surface area contributed by atoms with Crippen LogP contribution in [0.1, 0.15) is 23.7 Å². The van der Waals surface area contributed by atoms with Crippen LogP contribution in [0.4, 0.5) is 0 Å². The number of hydrogen-bond donors (Lipinski definition) is 0. The maximum absolute atomic E-state index is 12.8. The SMILES string of the molecule is COc1ccc(C2=NN(C(=O)[C@@H](OC)c3ccccc3)CC2)cc1OC. The minimum absolute atomic E-state index is 0.172. The lowest BCUT2D eigenvalue weighted by atomic mass is 10.1. The highest BCUT2D eigenvalue weighted by molar-refractivity contribution is 6.03. The summed E-state index contributed by atoms with van der Waals surface area (Å²) in [7, 11) is 4.72. The molecule has 2 aromatic carbocycles. The van der Waals surface area contributed by atoms with Gasteiger partial charge in [0.1, 0.15) is 0 Å². The molecule has 1 heterocycles. The van der Waals surface area contributed by atoms with Gasteiger partial charge in [0.25, 0.3) is 5.91 Å². The summed E-state index contributed by atoms with van der Waals surface area (Å²) in [6, 6.07) is 15.1. The highest BCUT2D eigenvalue weighted by Gasteiger charge is 2.29. The van der Waals surface area contributed by atoms with Crippen LogP contribution >= 0.6 is 0 Å². The molecule has 0 aliphatic carbocycles. The van der Waals surface area contributed by atoms with Gasteiger partial charge in [-0.2, -0.15) is 5.10 Å². The molecule has 0 unspecified atom stereocenters. The Morgan fingerprint density at radius 3 is 2.42 bits per heavy atom. The number of hydrogen-bond acceptors (Lipinski definition) is 5. The van der Waals surface area contributed by atoms with Gasteiger partial charge in [-0.25, -0.2) is 5.01 Å². The summed E-state index contributed by atoms with van der Waals surface area (Å²) >= 11 is 0. The Hall–Kier alpha value is -2.86. The normalized spacial score (nSPS) is 14.7. The lowest BCUT2D eigenvalue weighted by molar-refractivity contribution is -0.141. The molecule has 6 heteroatoms. The zero-order valence-electron chi connectivity index (χ0n) is 15.1. The number of nitrogens with zero attached hydrogens (tertiary/aromatic N) is 2. The molecular weight excluding hydrogens is 332 g/mol. The molecule has 3 rings (SSSR count). The quantitative estimate of drug-likeness (QED) is 0.800. The summed E-state index contributed by atoms with van der Waals surface area (Å²) in [5.41, 5.74) is 2.56. The Morgan fingerprint density at radius 2 is 1.77 bits per heavy atom. The van der Waals surface area contributed by atoms with Crippen molar-refractivity contribution in [3.8, 4) is 11.5 Å². The van der Waals surface area contributed by atoms with E-state index in [2.05, 4.69) is 5.10 Å². The van der Waals surface area contributed by atoms with Gasteiger partial charge in [0, 0.05) is 19.1 Å². The molecule has 0 saturated heterocycles. The zero-order valence-corrected chi connectivity index (χ0v) is 15.1. The van der Waals surface area contributed by atoms with Crippen LogP contribution in [0.5, 0.6) is 11.5 Å². The van der Waals surface area contributed by atoms with Crippen molar-refractivity contribution in [2.45, 2.75) is 12.5 Å². The van der Waals surface area contributed by atoms with Crippen LogP contribution in [-0.4, -0.2) is 44.5 Å². The molecule has 136 valence electrons. The molecule has 1 aliphatic heterocycles. The number of carbonyl (C=O) groups excluding carboxylic acids is 1. The smallest absolute Gasteiger partial charge is 0.276 e. The molecule has 0 saturated carbocycles. The van der Waals surface area contributed by atoms with Crippen molar-refractivity contribution < 1.29 is 19.0 Å². The minimum Gasteiger partial charge on any atom is -0.493 e. The molecule has 0 aromatic heterocycles. The molecule has 0 spiro atoms. The van der Waals surface area contributed by atoms with Crippen molar-refractivity contribution >= 4 is 11.6 Å². The van der Waals surface area contributed by atoms with Crippen LogP contribution in [0.25, 0.3) is 0 Å². The van der Waals surface area contributed by atoms with Crippen LogP contribution < -0.4 is 9.47 Å². The molecule has 6 nitrogen and oxygen atoms in total. The standard InChI is InChI=1S/C20H22N2O4/c1-24-17-10-9-15(13-18(17)25-2)16-11-12-22(21-16)20(23)19(26-3)14-7-5-4-6-8-14/h4-10,13,19H,11-12H2,1-3H3/t19-/m0/s1. The van der Waals surface area contributed by atoms with Crippen LogP contribution in [0.15, 0.2) is 53.6 Å². The third-order valence-electron chi connectivity index (χ3n) is 4.34. The van der Waals surface area contributed by atoms with Gasteiger partial charge in [-0.15, -0.1) is 0 Å². The van der Waals surface area contributed by atoms with Crippen molar-refractivity contribution in [3.63, 3.8) is 0 Å². The first-order chi connectivity index (χ1) is 12.7. The number of hydrazone groups is 1. The third kappa shape index (κ3) is 3.55. The van der Waals surface area contributed by atoms with E-state index < -0.39 is 6.10 Å². The summed E-state index contributed by atoms with van der Waals surface area (Å²) < 4.78 is 16.0. The van der Waals surface area contributed by atoms with Crippen molar-refractivity contribution in [2.75, 3.05) is 27.9 Å². The van der Waals surface area contributed by atoms with E-state index in [1.54, 1.807) is 14.2 Å². The summed E-state index contributed by atoms with van der Waals surface area (Å²) in [5.74, 6) is 1.12. The fourth-order valence-corrected chi connectivity index (χ4v) is 2.98. The largest absolute Gasteiger partial charge is 0.493 e. The molecular formula is C20H22N2O4. The first kappa shape index (κ1) is 17.9. The van der Waals surface area contributed by atoms with E-state index >= 15 is 0 Å². The van der Waals surface area contributed by atoms with Gasteiger partial charge < -0.3 is 14.2 Å². The number of amides is 1. The average molecular weight is 354 g/mol. The molecule has 1 atom stereocenters. The molecule has 1 aliphatic rings. The second-order valence-corrected chi connectivity index (χ2v) is 5.85. The van der Waals surface area contributed by atoms with Crippen molar-refractivity contribution in [1.29, 1.82) is 0 Å². The highest BCUT2D eigenvalue weighted by Crippen LogP contribution is 2.29. The number of carbonyl (C=O) groups is 1. The first-order valence-electron chi connectivity index (χ1n) is 8.37. The van der Waals surface area contributed by atoms with Crippen LogP contribution in [0.2, 0.25) is 0 Å². The van der Waals surface area contributed by atoms with Crippen molar-refractivity contribution in [2.24, 2.45) is 5.10 Å². The highest BCUT2D eigenvalue weighted by atomic mass is 16.5. The predicted octanol–water partition coefficient (Wildman–Crippen LogP) is 3.03. The van der Waals surface area contributed by atoms with E-state index in [9.17, 15) is 4.79 Å². The van der Waals surface area contributed by atoms with Gasteiger partial charge in [0.05, 0.1) is 26.5 Å². The van der Waals surface area contributed by atoms with E-state index in [0.29, 0.717) is 24.5 Å². The topological polar surface area (TPSA) is 60.4 Å². The Bertz CT molecular complexity index is 805. The summed E-state index contributed by atoms with van der Waals surface area (Å²) in [6.07, 6.45) is 0.0108. The number of methoxy groups -OCH3 is 3. The Kier molecular flexibility index (Phi) is 5.53. The third-order valence-corrected chi connectivity index (χ3v) is 4.34. The first-order valence-corrected chi connectivity index (χ1v) is 8.37. The summed E-state index contributed by atoms with van der Waals surface area (Å²) in [4.78, 5) is 12.8. The van der Waals surface area contributed by atoms with Crippen LogP contribution in [0.3, 0.4) is 0 Å². The molecule has 2 aromatic rings. The van der Waals surface area contributed by atoms with E-state index in [1.165, 1.54) is 12.1 Å². The number of benzene rings is 2. The van der Waals surface area contributed by atoms with Crippen molar-refractivity contribution in [1.82, 2.24) is 5.01 Å². The van der Waals surface area contributed by atoms with Gasteiger partial charge in [-0.1, -0.05) is 30.3 Å². The van der Waals surface area contributed by atoms with Crippen LogP contribution in [0, 0.1) is 0 Å². The van der Waals surface area contributed by atoms with Gasteiger partial charge in [-0.3, -0.25) is 4.79 Å². The summed E-state index contributed by atoms with van der Waals surface area (Å²) in [6.45, 7) is 0.523. The Morgan fingerprint density at radius 1 is 1.04 bits per heavy atom. The second-order valence-electron chi connectivity index (χ2n) is 5.85. The van der Waals surface area contributed by atoms with Gasteiger partial charge in [0.15, 0.2) is 17.6 Å². The average Bonchev–Trinajstić information content (AvgIpc) is 3.19. The van der Waals surface area contributed by atoms with E-state index in [4.69, 9.17) is 14.2 Å². The van der Waals surface area contributed by atoms with Gasteiger partial charge in [0.2, 0.25) is 0 Å². The zero-order chi connectivity index (χ0) is 18.5. The second kappa shape index (κ2) is 8.01. The fourth-order valence-electron chi connectivity index (χ4n) is 2.98.